The largest absolute Gasteiger partial charge is 0.469 e. The van der Waals surface area contributed by atoms with Gasteiger partial charge >= 0.3 is 5.97 Å². The maximum Gasteiger partial charge on any atom is 0.312 e. The molecule has 3 fully saturated rings. The summed E-state index contributed by atoms with van der Waals surface area (Å²) in [5.41, 5.74) is -0.345. The monoisotopic (exact) mass is 480 g/mol. The molecule has 0 aromatic carbocycles. The highest BCUT2D eigenvalue weighted by Crippen LogP contribution is 2.74. The van der Waals surface area contributed by atoms with Crippen LogP contribution in [0.3, 0.4) is 0 Å². The Hall–Kier alpha value is -1.71. The van der Waals surface area contributed by atoms with E-state index in [4.69, 9.17) is 4.74 Å². The molecule has 3 saturated carbocycles. The van der Waals surface area contributed by atoms with E-state index in [0.717, 1.165) is 44.9 Å². The number of esters is 1. The molecule has 0 N–H and O–H groups in total. The summed E-state index contributed by atoms with van der Waals surface area (Å²) in [6, 6.07) is 0. The number of hydrogen-bond donors (Lipinski definition) is 0. The molecule has 0 amide bonds. The van der Waals surface area contributed by atoms with Crippen LogP contribution in [-0.2, 0) is 19.1 Å². The van der Waals surface area contributed by atoms with Crippen molar-refractivity contribution in [1.82, 2.24) is 0 Å². The Morgan fingerprint density at radius 1 is 0.943 bits per heavy atom. The third-order valence-electron chi connectivity index (χ3n) is 12.3. The summed E-state index contributed by atoms with van der Waals surface area (Å²) < 4.78 is 5.41. The fourth-order valence-corrected chi connectivity index (χ4v) is 9.90. The summed E-state index contributed by atoms with van der Waals surface area (Å²) in [7, 11) is 1.50. The first-order valence-corrected chi connectivity index (χ1v) is 13.7. The van der Waals surface area contributed by atoms with Gasteiger partial charge in [0.1, 0.15) is 0 Å². The fourth-order valence-electron chi connectivity index (χ4n) is 9.90. The van der Waals surface area contributed by atoms with E-state index in [2.05, 4.69) is 54.5 Å². The second-order valence-electron chi connectivity index (χ2n) is 14.6. The van der Waals surface area contributed by atoms with Gasteiger partial charge in [-0.25, -0.2) is 0 Å². The Morgan fingerprint density at radius 3 is 2.26 bits per heavy atom. The van der Waals surface area contributed by atoms with Gasteiger partial charge in [0.05, 0.1) is 12.5 Å². The zero-order valence-electron chi connectivity index (χ0n) is 23.0. The molecule has 0 aromatic rings. The van der Waals surface area contributed by atoms with Gasteiger partial charge in [0, 0.05) is 16.7 Å². The predicted molar refractivity (Wildman–Crippen MR) is 136 cm³/mol. The van der Waals surface area contributed by atoms with Crippen LogP contribution >= 0.6 is 0 Å². The van der Waals surface area contributed by atoms with Crippen LogP contribution in [0.5, 0.6) is 0 Å². The molecule has 0 saturated heterocycles. The van der Waals surface area contributed by atoms with E-state index in [-0.39, 0.29) is 56.9 Å². The summed E-state index contributed by atoms with van der Waals surface area (Å²) in [5, 5.41) is 0. The molecule has 35 heavy (non-hydrogen) atoms. The van der Waals surface area contributed by atoms with Gasteiger partial charge in [-0.2, -0.15) is 0 Å². The van der Waals surface area contributed by atoms with E-state index in [0.29, 0.717) is 0 Å². The molecule has 0 aromatic heterocycles. The zero-order chi connectivity index (χ0) is 25.8. The number of allylic oxidation sites excluding steroid dienone is 4. The highest BCUT2D eigenvalue weighted by Gasteiger charge is 2.70. The topological polar surface area (TPSA) is 60.4 Å². The third kappa shape index (κ3) is 2.95. The molecule has 1 unspecified atom stereocenters. The zero-order valence-corrected chi connectivity index (χ0v) is 23.0. The molecule has 192 valence electrons. The molecular weight excluding hydrogens is 436 g/mol. The average Bonchev–Trinajstić information content (AvgIpc) is 2.77. The van der Waals surface area contributed by atoms with Crippen molar-refractivity contribution >= 4 is 17.5 Å². The molecule has 5 aliphatic carbocycles. The van der Waals surface area contributed by atoms with Crippen molar-refractivity contribution in [3.8, 4) is 0 Å². The van der Waals surface area contributed by atoms with Crippen LogP contribution in [0.4, 0.5) is 0 Å². The lowest BCUT2D eigenvalue weighted by molar-refractivity contribution is -0.191. The first-order chi connectivity index (χ1) is 16.1. The van der Waals surface area contributed by atoms with Gasteiger partial charge in [0.2, 0.25) is 0 Å². The van der Waals surface area contributed by atoms with Crippen LogP contribution in [0.25, 0.3) is 0 Å². The molecule has 4 heteroatoms. The van der Waals surface area contributed by atoms with Gasteiger partial charge < -0.3 is 4.74 Å². The molecule has 0 bridgehead atoms. The molecule has 0 radical (unpaired) electrons. The van der Waals surface area contributed by atoms with Crippen LogP contribution in [-0.4, -0.2) is 24.6 Å². The number of fused-ring (bicyclic) bond motifs is 7. The maximum absolute atomic E-state index is 14.3. The van der Waals surface area contributed by atoms with Crippen LogP contribution in [0, 0.1) is 50.2 Å². The van der Waals surface area contributed by atoms with Crippen molar-refractivity contribution in [3.63, 3.8) is 0 Å². The Morgan fingerprint density at radius 2 is 1.60 bits per heavy atom. The van der Waals surface area contributed by atoms with Crippen molar-refractivity contribution < 1.29 is 19.1 Å². The molecule has 7 atom stereocenters. The smallest absolute Gasteiger partial charge is 0.312 e. The number of rotatable bonds is 1. The van der Waals surface area contributed by atoms with E-state index < -0.39 is 10.8 Å². The second-order valence-corrected chi connectivity index (χ2v) is 14.6. The lowest BCUT2D eigenvalue weighted by Crippen LogP contribution is -2.65. The minimum Gasteiger partial charge on any atom is -0.469 e. The minimum absolute atomic E-state index is 0.00465. The lowest BCUT2D eigenvalue weighted by Gasteiger charge is -2.68. The number of carbonyl (C=O) groups excluding carboxylic acids is 3. The minimum atomic E-state index is -0.550. The van der Waals surface area contributed by atoms with Crippen molar-refractivity contribution in [3.05, 3.63) is 23.8 Å². The maximum atomic E-state index is 14.3. The summed E-state index contributed by atoms with van der Waals surface area (Å²) in [4.78, 5) is 40.4. The molecule has 0 aliphatic heterocycles. The highest BCUT2D eigenvalue weighted by molar-refractivity contribution is 5.98. The first kappa shape index (κ1) is 25.0. The van der Waals surface area contributed by atoms with Gasteiger partial charge in [-0.05, 0) is 85.2 Å². The number of ether oxygens (including phenoxy) is 1. The Bertz CT molecular complexity index is 1060. The third-order valence-corrected chi connectivity index (χ3v) is 12.3. The van der Waals surface area contributed by atoms with Gasteiger partial charge in [-0.1, -0.05) is 60.1 Å². The molecule has 5 rings (SSSR count). The molecule has 4 nitrogen and oxygen atoms in total. The Labute approximate surface area is 211 Å². The van der Waals surface area contributed by atoms with Crippen LogP contribution < -0.4 is 0 Å². The summed E-state index contributed by atoms with van der Waals surface area (Å²) in [6.45, 7) is 15.7. The SMILES string of the molecule is COC(=O)[C@]12CCC(C)(C)C[C@H]1[C@H]1C(=O)C=C3[C@@]4(C)C=CC(=O)C(C)(C)C4CC[C@@]3(C)[C@]1(C)CC2. The highest BCUT2D eigenvalue weighted by atomic mass is 16.5. The Kier molecular flexibility index (Phi) is 5.13. The van der Waals surface area contributed by atoms with Crippen molar-refractivity contribution in [1.29, 1.82) is 0 Å². The normalized spacial score (nSPS) is 47.5. The number of hydrogen-bond acceptors (Lipinski definition) is 4. The van der Waals surface area contributed by atoms with E-state index in [1.807, 2.05) is 6.08 Å². The van der Waals surface area contributed by atoms with Gasteiger partial charge in [0.25, 0.3) is 0 Å². The quantitative estimate of drug-likeness (QED) is 0.403. The fraction of sp³-hybridized carbons (Fsp3) is 0.774. The van der Waals surface area contributed by atoms with Crippen LogP contribution in [0.15, 0.2) is 23.8 Å². The Balaban J connectivity index is 1.68. The molecule has 5 aliphatic rings. The standard InChI is InChI=1S/C31H44O4/c1-26(2)13-15-31(25(34)35-8)16-14-30(7)24(19(31)18-26)20(32)17-22-28(5)11-10-23(33)27(3,4)21(28)9-12-29(22,30)6/h10-11,17,19,21,24H,9,12-16,18H2,1-8H3/t19-,21?,24-,28-,29+,30+,31-/m0/s1. The second kappa shape index (κ2) is 7.19. The van der Waals surface area contributed by atoms with Gasteiger partial charge in [0.15, 0.2) is 11.6 Å². The van der Waals surface area contributed by atoms with Crippen molar-refractivity contribution in [2.24, 2.45) is 50.2 Å². The number of carbonyl (C=O) groups is 3. The van der Waals surface area contributed by atoms with Crippen LogP contribution in [0.1, 0.15) is 93.4 Å². The average molecular weight is 481 g/mol. The molecule has 0 heterocycles. The van der Waals surface area contributed by atoms with E-state index in [1.54, 1.807) is 6.08 Å². The van der Waals surface area contributed by atoms with E-state index >= 15 is 0 Å². The van der Waals surface area contributed by atoms with Crippen molar-refractivity contribution in [2.45, 2.75) is 93.4 Å². The summed E-state index contributed by atoms with van der Waals surface area (Å²) in [6.07, 6.45) is 12.1. The molecule has 0 spiro atoms. The van der Waals surface area contributed by atoms with Gasteiger partial charge in [-0.3, -0.25) is 14.4 Å². The van der Waals surface area contributed by atoms with Gasteiger partial charge in [-0.15, -0.1) is 0 Å². The van der Waals surface area contributed by atoms with Crippen molar-refractivity contribution in [2.75, 3.05) is 7.11 Å². The van der Waals surface area contributed by atoms with E-state index in [1.165, 1.54) is 12.7 Å². The summed E-state index contributed by atoms with van der Waals surface area (Å²) in [5.74, 6) is 0.294. The number of methoxy groups -OCH3 is 1. The predicted octanol–water partition coefficient (Wildman–Crippen LogP) is 6.49. The summed E-state index contributed by atoms with van der Waals surface area (Å²) >= 11 is 0. The van der Waals surface area contributed by atoms with Crippen LogP contribution in [0.2, 0.25) is 0 Å². The first-order valence-electron chi connectivity index (χ1n) is 13.7. The number of ketones is 2. The molecular formula is C31H44O4. The lowest BCUT2D eigenvalue weighted by atomic mass is 9.34. The van der Waals surface area contributed by atoms with E-state index in [9.17, 15) is 14.4 Å².